The zero-order valence-corrected chi connectivity index (χ0v) is 12.0. The second-order valence-corrected chi connectivity index (χ2v) is 4.92. The van der Waals surface area contributed by atoms with Crippen LogP contribution < -0.4 is 10.5 Å². The minimum absolute atomic E-state index is 0.480. The minimum atomic E-state index is 0.480. The highest BCUT2D eigenvalue weighted by molar-refractivity contribution is 5.49. The van der Waals surface area contributed by atoms with Crippen LogP contribution in [0.15, 0.2) is 42.6 Å². The van der Waals surface area contributed by atoms with E-state index in [1.54, 1.807) is 18.3 Å². The Balaban J connectivity index is 2.06. The van der Waals surface area contributed by atoms with Crippen LogP contribution in [0, 0.1) is 0 Å². The van der Waals surface area contributed by atoms with E-state index in [0.29, 0.717) is 11.6 Å². The minimum Gasteiger partial charge on any atom is -0.437 e. The summed E-state index contributed by atoms with van der Waals surface area (Å²) >= 11 is 0. The van der Waals surface area contributed by atoms with E-state index in [-0.39, 0.29) is 0 Å². The first-order chi connectivity index (χ1) is 9.81. The van der Waals surface area contributed by atoms with Crippen molar-refractivity contribution in [3.05, 3.63) is 48.2 Å². The van der Waals surface area contributed by atoms with Crippen LogP contribution >= 0.6 is 0 Å². The SMILES string of the molecule is CCCCCCc1ccccc1Oc1ncccc1N. The highest BCUT2D eigenvalue weighted by Gasteiger charge is 2.07. The molecular formula is C17H22N2O. The van der Waals surface area contributed by atoms with E-state index >= 15 is 0 Å². The van der Waals surface area contributed by atoms with Gasteiger partial charge in [0.1, 0.15) is 5.75 Å². The summed E-state index contributed by atoms with van der Waals surface area (Å²) in [7, 11) is 0. The Labute approximate surface area is 120 Å². The third-order valence-corrected chi connectivity index (χ3v) is 3.28. The van der Waals surface area contributed by atoms with Crippen LogP contribution in [0.25, 0.3) is 0 Å². The van der Waals surface area contributed by atoms with Crippen molar-refractivity contribution in [3.63, 3.8) is 0 Å². The van der Waals surface area contributed by atoms with Gasteiger partial charge < -0.3 is 10.5 Å². The van der Waals surface area contributed by atoms with E-state index in [1.807, 2.05) is 18.2 Å². The number of pyridine rings is 1. The molecule has 0 saturated heterocycles. The molecule has 0 radical (unpaired) electrons. The van der Waals surface area contributed by atoms with Crippen molar-refractivity contribution in [2.75, 3.05) is 5.73 Å². The van der Waals surface area contributed by atoms with Gasteiger partial charge in [0.2, 0.25) is 5.88 Å². The number of unbranched alkanes of at least 4 members (excludes halogenated alkanes) is 3. The van der Waals surface area contributed by atoms with E-state index in [4.69, 9.17) is 10.5 Å². The molecule has 0 aliphatic heterocycles. The smallest absolute Gasteiger partial charge is 0.242 e. The first-order valence-corrected chi connectivity index (χ1v) is 7.27. The molecule has 0 unspecified atom stereocenters. The number of aromatic nitrogens is 1. The summed E-state index contributed by atoms with van der Waals surface area (Å²) in [6.45, 7) is 2.22. The normalized spacial score (nSPS) is 10.4. The Morgan fingerprint density at radius 2 is 1.90 bits per heavy atom. The molecule has 0 saturated carbocycles. The van der Waals surface area contributed by atoms with E-state index in [2.05, 4.69) is 18.0 Å². The Bertz CT molecular complexity index is 540. The quantitative estimate of drug-likeness (QED) is 0.749. The van der Waals surface area contributed by atoms with Crippen molar-refractivity contribution in [2.45, 2.75) is 39.0 Å². The number of nitrogens with zero attached hydrogens (tertiary/aromatic N) is 1. The van der Waals surface area contributed by atoms with Gasteiger partial charge in [-0.2, -0.15) is 0 Å². The number of hydrogen-bond acceptors (Lipinski definition) is 3. The Morgan fingerprint density at radius 1 is 1.05 bits per heavy atom. The lowest BCUT2D eigenvalue weighted by Crippen LogP contribution is -1.97. The molecule has 0 aliphatic carbocycles. The summed E-state index contributed by atoms with van der Waals surface area (Å²) in [6.07, 6.45) is 7.71. The Hall–Kier alpha value is -2.03. The second-order valence-electron chi connectivity index (χ2n) is 4.92. The number of anilines is 1. The second kappa shape index (κ2) is 7.53. The molecule has 2 aromatic rings. The lowest BCUT2D eigenvalue weighted by atomic mass is 10.1. The van der Waals surface area contributed by atoms with Crippen molar-refractivity contribution < 1.29 is 4.74 Å². The van der Waals surface area contributed by atoms with Gasteiger partial charge in [-0.25, -0.2) is 4.98 Å². The number of hydrogen-bond donors (Lipinski definition) is 1. The highest BCUT2D eigenvalue weighted by atomic mass is 16.5. The number of rotatable bonds is 7. The molecule has 1 aromatic heterocycles. The third-order valence-electron chi connectivity index (χ3n) is 3.28. The van der Waals surface area contributed by atoms with Crippen molar-refractivity contribution in [2.24, 2.45) is 0 Å². The van der Waals surface area contributed by atoms with E-state index < -0.39 is 0 Å². The largest absolute Gasteiger partial charge is 0.437 e. The Morgan fingerprint density at radius 3 is 2.70 bits per heavy atom. The third kappa shape index (κ3) is 3.98. The molecule has 20 heavy (non-hydrogen) atoms. The van der Waals surface area contributed by atoms with Crippen molar-refractivity contribution in [3.8, 4) is 11.6 Å². The molecule has 0 bridgehead atoms. The van der Waals surface area contributed by atoms with Crippen LogP contribution in [0.3, 0.4) is 0 Å². The summed E-state index contributed by atoms with van der Waals surface area (Å²) in [5.41, 5.74) is 7.65. The topological polar surface area (TPSA) is 48.1 Å². The highest BCUT2D eigenvalue weighted by Crippen LogP contribution is 2.28. The van der Waals surface area contributed by atoms with Crippen LogP contribution in [0.1, 0.15) is 38.2 Å². The van der Waals surface area contributed by atoms with Crippen LogP contribution in [0.2, 0.25) is 0 Å². The van der Waals surface area contributed by atoms with Gasteiger partial charge in [0.05, 0.1) is 5.69 Å². The van der Waals surface area contributed by atoms with E-state index in [0.717, 1.165) is 12.2 Å². The van der Waals surface area contributed by atoms with E-state index in [1.165, 1.54) is 31.2 Å². The fourth-order valence-electron chi connectivity index (χ4n) is 2.14. The molecule has 1 aromatic carbocycles. The standard InChI is InChI=1S/C17H22N2O/c1-2-3-4-5-9-14-10-6-7-12-16(14)20-17-15(18)11-8-13-19-17/h6-8,10-13H,2-5,9,18H2,1H3. The monoisotopic (exact) mass is 270 g/mol. The number of benzene rings is 1. The average Bonchev–Trinajstić information content (AvgIpc) is 2.47. The van der Waals surface area contributed by atoms with Crippen molar-refractivity contribution in [1.29, 1.82) is 0 Å². The molecule has 0 atom stereocenters. The predicted octanol–water partition coefficient (Wildman–Crippen LogP) is 4.58. The maximum absolute atomic E-state index is 5.87. The molecule has 0 amide bonds. The molecule has 0 fully saturated rings. The Kier molecular flexibility index (Phi) is 5.42. The van der Waals surface area contributed by atoms with Crippen LogP contribution in [0.5, 0.6) is 11.6 Å². The fraction of sp³-hybridized carbons (Fsp3) is 0.353. The zero-order valence-electron chi connectivity index (χ0n) is 12.0. The fourth-order valence-corrected chi connectivity index (χ4v) is 2.14. The molecule has 0 spiro atoms. The van der Waals surface area contributed by atoms with Gasteiger partial charge in [-0.15, -0.1) is 0 Å². The van der Waals surface area contributed by atoms with Crippen LogP contribution in [-0.2, 0) is 6.42 Å². The molecular weight excluding hydrogens is 248 g/mol. The summed E-state index contributed by atoms with van der Waals surface area (Å²) in [5.74, 6) is 1.34. The first kappa shape index (κ1) is 14.4. The molecule has 3 heteroatoms. The van der Waals surface area contributed by atoms with Gasteiger partial charge >= 0.3 is 0 Å². The predicted molar refractivity (Wildman–Crippen MR) is 83.0 cm³/mol. The molecule has 2 N–H and O–H groups in total. The zero-order chi connectivity index (χ0) is 14.2. The van der Waals surface area contributed by atoms with Gasteiger partial charge in [0.25, 0.3) is 0 Å². The number of nitrogen functional groups attached to an aromatic ring is 1. The summed E-state index contributed by atoms with van der Waals surface area (Å²) in [5, 5.41) is 0. The lowest BCUT2D eigenvalue weighted by molar-refractivity contribution is 0.458. The number of ether oxygens (including phenoxy) is 1. The van der Waals surface area contributed by atoms with Gasteiger partial charge in [0.15, 0.2) is 0 Å². The van der Waals surface area contributed by atoms with Gasteiger partial charge in [-0.1, -0.05) is 44.4 Å². The lowest BCUT2D eigenvalue weighted by Gasteiger charge is -2.11. The maximum Gasteiger partial charge on any atom is 0.242 e. The summed E-state index contributed by atoms with van der Waals surface area (Å²) < 4.78 is 5.86. The van der Waals surface area contributed by atoms with Gasteiger partial charge in [-0.3, -0.25) is 0 Å². The molecule has 106 valence electrons. The van der Waals surface area contributed by atoms with Gasteiger partial charge in [-0.05, 0) is 36.6 Å². The summed E-state index contributed by atoms with van der Waals surface area (Å²) in [6, 6.07) is 11.7. The number of nitrogens with two attached hydrogens (primary N) is 1. The number of para-hydroxylation sites is 1. The first-order valence-electron chi connectivity index (χ1n) is 7.27. The molecule has 1 heterocycles. The van der Waals surface area contributed by atoms with Crippen molar-refractivity contribution >= 4 is 5.69 Å². The van der Waals surface area contributed by atoms with Crippen molar-refractivity contribution in [1.82, 2.24) is 4.98 Å². The molecule has 2 rings (SSSR count). The summed E-state index contributed by atoms with van der Waals surface area (Å²) in [4.78, 5) is 4.18. The maximum atomic E-state index is 5.87. The van der Waals surface area contributed by atoms with Crippen LogP contribution in [0.4, 0.5) is 5.69 Å². The molecule has 3 nitrogen and oxygen atoms in total. The molecule has 0 aliphatic rings. The van der Waals surface area contributed by atoms with E-state index in [9.17, 15) is 0 Å². The van der Waals surface area contributed by atoms with Crippen LogP contribution in [-0.4, -0.2) is 4.98 Å². The average molecular weight is 270 g/mol. The van der Waals surface area contributed by atoms with Gasteiger partial charge in [0, 0.05) is 6.20 Å². The number of aryl methyl sites for hydroxylation is 1.